The van der Waals surface area contributed by atoms with Gasteiger partial charge >= 0.3 is 6.03 Å². The van der Waals surface area contributed by atoms with E-state index in [1.807, 2.05) is 6.92 Å². The largest absolute Gasteiger partial charge is 0.392 e. The Labute approximate surface area is 94.9 Å². The molecule has 1 aliphatic rings. The molecule has 15 heavy (non-hydrogen) atoms. The molecular weight excluding hydrogens is 214 g/mol. The fraction of sp³-hybridized carbons (Fsp3) is 0.778. The summed E-state index contributed by atoms with van der Waals surface area (Å²) in [7, 11) is 0. The molecule has 0 aromatic heterocycles. The van der Waals surface area contributed by atoms with Crippen LogP contribution in [0.5, 0.6) is 0 Å². The molecule has 0 spiro atoms. The van der Waals surface area contributed by atoms with Gasteiger partial charge in [-0.15, -0.1) is 0 Å². The molecule has 1 atom stereocenters. The quantitative estimate of drug-likeness (QED) is 0.676. The van der Waals surface area contributed by atoms with Crippen molar-refractivity contribution >= 4 is 23.2 Å². The van der Waals surface area contributed by atoms with Crippen molar-refractivity contribution in [3.8, 4) is 0 Å². The maximum Gasteiger partial charge on any atom is 0.318 e. The second kappa shape index (κ2) is 5.87. The number of hydrogen-bond acceptors (Lipinski definition) is 3. The number of rotatable bonds is 3. The maximum absolute atomic E-state index is 11.7. The van der Waals surface area contributed by atoms with E-state index in [0.717, 1.165) is 0 Å². The van der Waals surface area contributed by atoms with Crippen molar-refractivity contribution in [2.24, 2.45) is 5.73 Å². The van der Waals surface area contributed by atoms with Crippen LogP contribution in [0, 0.1) is 0 Å². The van der Waals surface area contributed by atoms with E-state index < -0.39 is 0 Å². The van der Waals surface area contributed by atoms with Crippen molar-refractivity contribution in [3.63, 3.8) is 0 Å². The molecule has 0 saturated carbocycles. The van der Waals surface area contributed by atoms with Crippen LogP contribution in [0.15, 0.2) is 0 Å². The Bertz CT molecular complexity index is 242. The van der Waals surface area contributed by atoms with Crippen LogP contribution in [0.25, 0.3) is 0 Å². The first kappa shape index (κ1) is 12.2. The Hall–Kier alpha value is -0.880. The zero-order chi connectivity index (χ0) is 11.3. The summed E-state index contributed by atoms with van der Waals surface area (Å²) >= 11 is 4.86. The smallest absolute Gasteiger partial charge is 0.318 e. The molecule has 1 fully saturated rings. The molecule has 1 heterocycles. The van der Waals surface area contributed by atoms with E-state index >= 15 is 0 Å². The zero-order valence-electron chi connectivity index (χ0n) is 8.86. The lowest BCUT2D eigenvalue weighted by Gasteiger charge is -2.28. The van der Waals surface area contributed by atoms with Crippen molar-refractivity contribution in [1.82, 2.24) is 10.2 Å². The summed E-state index contributed by atoms with van der Waals surface area (Å²) in [6.07, 6.45) is 0.714. The summed E-state index contributed by atoms with van der Waals surface area (Å²) < 4.78 is 5.16. The van der Waals surface area contributed by atoms with Gasteiger partial charge in [0.1, 0.15) is 0 Å². The van der Waals surface area contributed by atoms with Crippen molar-refractivity contribution < 1.29 is 9.53 Å². The Balaban J connectivity index is 2.42. The molecule has 0 aliphatic carbocycles. The maximum atomic E-state index is 11.7. The normalized spacial score (nSPS) is 18.3. The molecule has 0 bridgehead atoms. The lowest BCUT2D eigenvalue weighted by Crippen LogP contribution is -2.52. The minimum absolute atomic E-state index is 0.113. The second-order valence-corrected chi connectivity index (χ2v) is 3.88. The van der Waals surface area contributed by atoms with Gasteiger partial charge in [-0.3, -0.25) is 0 Å². The van der Waals surface area contributed by atoms with Crippen molar-refractivity contribution in [3.05, 3.63) is 0 Å². The molecule has 5 nitrogen and oxygen atoms in total. The number of urea groups is 1. The third-order valence-electron chi connectivity index (χ3n) is 2.35. The van der Waals surface area contributed by atoms with E-state index in [1.54, 1.807) is 4.90 Å². The van der Waals surface area contributed by atoms with Crippen LogP contribution in [0.3, 0.4) is 0 Å². The predicted molar refractivity (Wildman–Crippen MR) is 61.8 cm³/mol. The molecule has 1 aliphatic heterocycles. The van der Waals surface area contributed by atoms with Gasteiger partial charge in [0.25, 0.3) is 0 Å². The Morgan fingerprint density at radius 2 is 2.20 bits per heavy atom. The van der Waals surface area contributed by atoms with E-state index in [4.69, 9.17) is 22.7 Å². The highest BCUT2D eigenvalue weighted by Crippen LogP contribution is 1.99. The standard InChI is InChI=1S/C9H17N3O2S/c1-2-7(8(10)15)11-9(13)12-3-5-14-6-4-12/h7H,2-6H2,1H3,(H2,10,15)(H,11,13). The van der Waals surface area contributed by atoms with Gasteiger partial charge < -0.3 is 20.7 Å². The monoisotopic (exact) mass is 231 g/mol. The van der Waals surface area contributed by atoms with Crippen LogP contribution >= 0.6 is 12.2 Å². The van der Waals surface area contributed by atoms with Crippen LogP contribution in [0.4, 0.5) is 4.79 Å². The SMILES string of the molecule is CCC(NC(=O)N1CCOCC1)C(N)=S. The van der Waals surface area contributed by atoms with Crippen molar-refractivity contribution in [2.45, 2.75) is 19.4 Å². The van der Waals surface area contributed by atoms with Gasteiger partial charge in [-0.05, 0) is 6.42 Å². The van der Waals surface area contributed by atoms with Gasteiger partial charge in [-0.1, -0.05) is 19.1 Å². The fourth-order valence-corrected chi connectivity index (χ4v) is 1.61. The van der Waals surface area contributed by atoms with Crippen LogP contribution in [-0.4, -0.2) is 48.3 Å². The van der Waals surface area contributed by atoms with Crippen molar-refractivity contribution in [1.29, 1.82) is 0 Å². The van der Waals surface area contributed by atoms with E-state index in [9.17, 15) is 4.79 Å². The minimum atomic E-state index is -0.213. The van der Waals surface area contributed by atoms with Crippen LogP contribution < -0.4 is 11.1 Å². The van der Waals surface area contributed by atoms with E-state index in [-0.39, 0.29) is 12.1 Å². The average molecular weight is 231 g/mol. The average Bonchev–Trinajstić information content (AvgIpc) is 2.26. The number of carbonyl (C=O) groups excluding carboxylic acids is 1. The molecule has 2 amide bonds. The van der Waals surface area contributed by atoms with Gasteiger partial charge in [0.15, 0.2) is 0 Å². The molecule has 3 N–H and O–H groups in total. The Morgan fingerprint density at radius 3 is 2.67 bits per heavy atom. The summed E-state index contributed by atoms with van der Waals surface area (Å²) in [6, 6.07) is -0.326. The van der Waals surface area contributed by atoms with Crippen LogP contribution in [0.1, 0.15) is 13.3 Å². The van der Waals surface area contributed by atoms with Crippen LogP contribution in [0.2, 0.25) is 0 Å². The first-order valence-electron chi connectivity index (χ1n) is 5.07. The summed E-state index contributed by atoms with van der Waals surface area (Å²) in [6.45, 7) is 4.37. The molecule has 0 aromatic carbocycles. The summed E-state index contributed by atoms with van der Waals surface area (Å²) in [5.74, 6) is 0. The highest BCUT2D eigenvalue weighted by molar-refractivity contribution is 7.80. The fourth-order valence-electron chi connectivity index (χ4n) is 1.38. The molecule has 1 rings (SSSR count). The van der Waals surface area contributed by atoms with Crippen LogP contribution in [-0.2, 0) is 4.74 Å². The van der Waals surface area contributed by atoms with Gasteiger partial charge in [0.2, 0.25) is 0 Å². The highest BCUT2D eigenvalue weighted by atomic mass is 32.1. The third kappa shape index (κ3) is 3.64. The predicted octanol–water partition coefficient (Wildman–Crippen LogP) is 0.0929. The lowest BCUT2D eigenvalue weighted by molar-refractivity contribution is 0.0529. The van der Waals surface area contributed by atoms with Crippen molar-refractivity contribution in [2.75, 3.05) is 26.3 Å². The molecule has 1 unspecified atom stereocenters. The molecule has 86 valence electrons. The first-order chi connectivity index (χ1) is 7.15. The Kier molecular flexibility index (Phi) is 4.77. The van der Waals surface area contributed by atoms with Gasteiger partial charge in [0.05, 0.1) is 24.2 Å². The van der Waals surface area contributed by atoms with Gasteiger partial charge in [-0.2, -0.15) is 0 Å². The number of nitrogens with zero attached hydrogens (tertiary/aromatic N) is 1. The molecule has 0 radical (unpaired) electrons. The Morgan fingerprint density at radius 1 is 1.60 bits per heavy atom. The summed E-state index contributed by atoms with van der Waals surface area (Å²) in [5.41, 5.74) is 5.50. The first-order valence-corrected chi connectivity index (χ1v) is 5.48. The molecule has 1 saturated heterocycles. The number of morpholine rings is 1. The minimum Gasteiger partial charge on any atom is -0.392 e. The highest BCUT2D eigenvalue weighted by Gasteiger charge is 2.20. The number of amides is 2. The zero-order valence-corrected chi connectivity index (χ0v) is 9.68. The number of nitrogens with two attached hydrogens (primary N) is 1. The summed E-state index contributed by atoms with van der Waals surface area (Å²) in [5, 5.41) is 2.80. The van der Waals surface area contributed by atoms with Gasteiger partial charge in [0, 0.05) is 13.1 Å². The van der Waals surface area contributed by atoms with Gasteiger partial charge in [-0.25, -0.2) is 4.79 Å². The lowest BCUT2D eigenvalue weighted by atomic mass is 10.2. The third-order valence-corrected chi connectivity index (χ3v) is 2.63. The number of ether oxygens (including phenoxy) is 1. The van der Waals surface area contributed by atoms with E-state index in [2.05, 4.69) is 5.32 Å². The van der Waals surface area contributed by atoms with E-state index in [1.165, 1.54) is 0 Å². The molecule has 0 aromatic rings. The molecular formula is C9H17N3O2S. The topological polar surface area (TPSA) is 67.6 Å². The molecule has 6 heteroatoms. The summed E-state index contributed by atoms with van der Waals surface area (Å²) in [4.78, 5) is 13.8. The van der Waals surface area contributed by atoms with E-state index in [0.29, 0.717) is 37.7 Å². The number of nitrogens with one attached hydrogen (secondary N) is 1. The number of carbonyl (C=O) groups is 1. The second-order valence-electron chi connectivity index (χ2n) is 3.41. The number of hydrogen-bond donors (Lipinski definition) is 2. The number of thiocarbonyl (C=S) groups is 1.